The molecule has 0 aliphatic rings. The Bertz CT molecular complexity index is 115. The Morgan fingerprint density at radius 1 is 1.45 bits per heavy atom. The molecule has 0 rings (SSSR count). The highest BCUT2D eigenvalue weighted by atomic mass is 16.5. The number of methoxy groups -OCH3 is 1. The lowest BCUT2D eigenvalue weighted by atomic mass is 10.0. The molecule has 0 radical (unpaired) electrons. The van der Waals surface area contributed by atoms with E-state index in [2.05, 4.69) is 0 Å². The summed E-state index contributed by atoms with van der Waals surface area (Å²) in [7, 11) is 1.59. The predicted octanol–water partition coefficient (Wildman–Crippen LogP) is 2.03. The van der Waals surface area contributed by atoms with Gasteiger partial charge >= 0.3 is 0 Å². The van der Waals surface area contributed by atoms with E-state index in [1.165, 1.54) is 0 Å². The second-order valence-electron chi connectivity index (χ2n) is 3.20. The van der Waals surface area contributed by atoms with Gasteiger partial charge in [0.25, 0.3) is 0 Å². The Hall–Kier alpha value is -0.370. The number of Topliss-reactive ketones (excluding diaryl/α,β-unsaturated/α-hetero) is 1. The van der Waals surface area contributed by atoms with Crippen molar-refractivity contribution in [1.82, 2.24) is 0 Å². The number of hydrogen-bond acceptors (Lipinski definition) is 2. The van der Waals surface area contributed by atoms with Gasteiger partial charge in [0.1, 0.15) is 6.10 Å². The predicted molar refractivity (Wildman–Crippen MR) is 45.6 cm³/mol. The molecule has 0 N–H and O–H groups in total. The van der Waals surface area contributed by atoms with E-state index in [0.29, 0.717) is 12.3 Å². The molecule has 0 saturated heterocycles. The van der Waals surface area contributed by atoms with Crippen molar-refractivity contribution in [1.29, 1.82) is 0 Å². The second-order valence-corrected chi connectivity index (χ2v) is 3.20. The van der Waals surface area contributed by atoms with Gasteiger partial charge < -0.3 is 4.74 Å². The minimum atomic E-state index is -0.183. The highest BCUT2D eigenvalue weighted by Crippen LogP contribution is 2.07. The molecule has 0 amide bonds. The second kappa shape index (κ2) is 5.30. The van der Waals surface area contributed by atoms with Gasteiger partial charge in [0.2, 0.25) is 0 Å². The molecule has 66 valence electrons. The first-order valence-corrected chi connectivity index (χ1v) is 4.17. The molecule has 2 heteroatoms. The number of hydrogen-bond donors (Lipinski definition) is 0. The fraction of sp³-hybridized carbons (Fsp3) is 0.889. The van der Waals surface area contributed by atoms with Crippen molar-refractivity contribution in [3.8, 4) is 0 Å². The standard InChI is InChI=1S/C9H18O2/c1-5-9(11-4)8(10)6-7(2)3/h7,9H,5-6H2,1-4H3. The summed E-state index contributed by atoms with van der Waals surface area (Å²) in [5, 5.41) is 0. The number of ketones is 1. The van der Waals surface area contributed by atoms with Gasteiger partial charge in [-0.05, 0) is 12.3 Å². The smallest absolute Gasteiger partial charge is 0.161 e. The van der Waals surface area contributed by atoms with Crippen molar-refractivity contribution in [2.45, 2.75) is 39.7 Å². The van der Waals surface area contributed by atoms with E-state index >= 15 is 0 Å². The zero-order valence-electron chi connectivity index (χ0n) is 7.89. The quantitative estimate of drug-likeness (QED) is 0.612. The van der Waals surface area contributed by atoms with Gasteiger partial charge in [-0.2, -0.15) is 0 Å². The van der Waals surface area contributed by atoms with Crippen molar-refractivity contribution in [2.24, 2.45) is 5.92 Å². The Kier molecular flexibility index (Phi) is 5.12. The van der Waals surface area contributed by atoms with Crippen LogP contribution < -0.4 is 0 Å². The van der Waals surface area contributed by atoms with Crippen LogP contribution in [0.15, 0.2) is 0 Å². The molecule has 0 aliphatic heterocycles. The van der Waals surface area contributed by atoms with Crippen LogP contribution in [0.1, 0.15) is 33.6 Å². The molecule has 0 spiro atoms. The van der Waals surface area contributed by atoms with Crippen molar-refractivity contribution in [3.63, 3.8) is 0 Å². The van der Waals surface area contributed by atoms with E-state index in [4.69, 9.17) is 4.74 Å². The topological polar surface area (TPSA) is 26.3 Å². The maximum atomic E-state index is 11.3. The Morgan fingerprint density at radius 3 is 2.27 bits per heavy atom. The van der Waals surface area contributed by atoms with Gasteiger partial charge in [-0.25, -0.2) is 0 Å². The normalized spacial score (nSPS) is 13.5. The SMILES string of the molecule is CCC(OC)C(=O)CC(C)C. The molecular formula is C9H18O2. The summed E-state index contributed by atoms with van der Waals surface area (Å²) < 4.78 is 5.01. The van der Waals surface area contributed by atoms with Gasteiger partial charge in [0.15, 0.2) is 5.78 Å². The zero-order valence-corrected chi connectivity index (χ0v) is 7.89. The van der Waals surface area contributed by atoms with Crippen LogP contribution in [0.25, 0.3) is 0 Å². The average Bonchev–Trinajstić information content (AvgIpc) is 1.88. The van der Waals surface area contributed by atoms with Gasteiger partial charge in [0.05, 0.1) is 0 Å². The summed E-state index contributed by atoms with van der Waals surface area (Å²) in [6, 6.07) is 0. The first kappa shape index (κ1) is 10.6. The summed E-state index contributed by atoms with van der Waals surface area (Å²) in [6.07, 6.45) is 1.23. The number of carbonyl (C=O) groups is 1. The molecule has 0 heterocycles. The molecular weight excluding hydrogens is 140 g/mol. The molecule has 11 heavy (non-hydrogen) atoms. The van der Waals surface area contributed by atoms with Crippen molar-refractivity contribution in [3.05, 3.63) is 0 Å². The van der Waals surface area contributed by atoms with Crippen LogP contribution in [0, 0.1) is 5.92 Å². The lowest BCUT2D eigenvalue weighted by Crippen LogP contribution is -2.23. The molecule has 0 saturated carbocycles. The highest BCUT2D eigenvalue weighted by Gasteiger charge is 2.15. The van der Waals surface area contributed by atoms with E-state index in [1.807, 2.05) is 20.8 Å². The lowest BCUT2D eigenvalue weighted by Gasteiger charge is -2.12. The Balaban J connectivity index is 3.79. The van der Waals surface area contributed by atoms with E-state index in [-0.39, 0.29) is 11.9 Å². The van der Waals surface area contributed by atoms with E-state index in [1.54, 1.807) is 7.11 Å². The Labute approximate surface area is 68.9 Å². The van der Waals surface area contributed by atoms with Crippen LogP contribution in [-0.4, -0.2) is 19.0 Å². The third-order valence-electron chi connectivity index (χ3n) is 1.62. The molecule has 2 nitrogen and oxygen atoms in total. The fourth-order valence-electron chi connectivity index (χ4n) is 1.06. The molecule has 0 aromatic rings. The van der Waals surface area contributed by atoms with E-state index < -0.39 is 0 Å². The fourth-order valence-corrected chi connectivity index (χ4v) is 1.06. The van der Waals surface area contributed by atoms with Crippen LogP contribution in [0.5, 0.6) is 0 Å². The van der Waals surface area contributed by atoms with Gasteiger partial charge in [-0.3, -0.25) is 4.79 Å². The monoisotopic (exact) mass is 158 g/mol. The summed E-state index contributed by atoms with van der Waals surface area (Å²) in [4.78, 5) is 11.3. The number of rotatable bonds is 5. The van der Waals surface area contributed by atoms with Crippen molar-refractivity contribution < 1.29 is 9.53 Å². The van der Waals surface area contributed by atoms with E-state index in [0.717, 1.165) is 6.42 Å². The van der Waals surface area contributed by atoms with Crippen molar-refractivity contribution in [2.75, 3.05) is 7.11 Å². The van der Waals surface area contributed by atoms with Crippen molar-refractivity contribution >= 4 is 5.78 Å². The van der Waals surface area contributed by atoms with Gasteiger partial charge in [-0.1, -0.05) is 20.8 Å². The molecule has 0 bridgehead atoms. The molecule has 0 aromatic heterocycles. The summed E-state index contributed by atoms with van der Waals surface area (Å²) in [5.41, 5.74) is 0. The first-order chi connectivity index (χ1) is 5.11. The maximum Gasteiger partial charge on any atom is 0.161 e. The molecule has 0 fully saturated rings. The van der Waals surface area contributed by atoms with Crippen LogP contribution in [0.3, 0.4) is 0 Å². The number of ether oxygens (including phenoxy) is 1. The van der Waals surface area contributed by atoms with Crippen LogP contribution in [-0.2, 0) is 9.53 Å². The van der Waals surface area contributed by atoms with E-state index in [9.17, 15) is 4.79 Å². The minimum Gasteiger partial charge on any atom is -0.374 e. The third kappa shape index (κ3) is 4.14. The summed E-state index contributed by atoms with van der Waals surface area (Å²) in [6.45, 7) is 6.05. The first-order valence-electron chi connectivity index (χ1n) is 4.17. The van der Waals surface area contributed by atoms with Crippen LogP contribution >= 0.6 is 0 Å². The number of carbonyl (C=O) groups excluding carboxylic acids is 1. The van der Waals surface area contributed by atoms with Crippen LogP contribution in [0.2, 0.25) is 0 Å². The van der Waals surface area contributed by atoms with Gasteiger partial charge in [-0.15, -0.1) is 0 Å². The summed E-state index contributed by atoms with van der Waals surface area (Å²) in [5.74, 6) is 0.664. The molecule has 0 aromatic carbocycles. The average molecular weight is 158 g/mol. The lowest BCUT2D eigenvalue weighted by molar-refractivity contribution is -0.129. The summed E-state index contributed by atoms with van der Waals surface area (Å²) >= 11 is 0. The maximum absolute atomic E-state index is 11.3. The molecule has 1 atom stereocenters. The Morgan fingerprint density at radius 2 is 2.00 bits per heavy atom. The molecule has 0 aliphatic carbocycles. The van der Waals surface area contributed by atoms with Crippen LogP contribution in [0.4, 0.5) is 0 Å². The van der Waals surface area contributed by atoms with Gasteiger partial charge in [0, 0.05) is 13.5 Å². The zero-order chi connectivity index (χ0) is 8.85. The highest BCUT2D eigenvalue weighted by molar-refractivity contribution is 5.83. The largest absolute Gasteiger partial charge is 0.374 e. The molecule has 1 unspecified atom stereocenters. The third-order valence-corrected chi connectivity index (χ3v) is 1.62. The minimum absolute atomic E-state index is 0.183.